The van der Waals surface area contributed by atoms with E-state index in [1.54, 1.807) is 0 Å². The molecule has 0 saturated carbocycles. The predicted octanol–water partition coefficient (Wildman–Crippen LogP) is 2.08. The van der Waals surface area contributed by atoms with E-state index in [2.05, 4.69) is 27.1 Å². The monoisotopic (exact) mass is 364 g/mol. The molecule has 0 aromatic heterocycles. The van der Waals surface area contributed by atoms with Crippen LogP contribution in [0.5, 0.6) is 0 Å². The van der Waals surface area contributed by atoms with Gasteiger partial charge < -0.3 is 20.0 Å². The number of nitrogens with zero attached hydrogens (tertiary/aromatic N) is 4. The maximum atomic E-state index is 4.80. The molecule has 2 bridgehead atoms. The van der Waals surface area contributed by atoms with Gasteiger partial charge in [-0.05, 0) is 39.6 Å². The zero-order chi connectivity index (χ0) is 14.6. The molecule has 121 valence electrons. The Morgan fingerprint density at radius 3 is 2.10 bits per heavy atom. The molecule has 2 atom stereocenters. The molecule has 20 heavy (non-hydrogen) atoms. The number of hydrogen-bond donors (Lipinski definition) is 0. The van der Waals surface area contributed by atoms with E-state index in [1.165, 1.54) is 58.7 Å². The molecule has 0 radical (unpaired) electrons. The summed E-state index contributed by atoms with van der Waals surface area (Å²) < 4.78 is 0. The van der Waals surface area contributed by atoms with Gasteiger partial charge in [0.05, 0.1) is 0 Å². The van der Waals surface area contributed by atoms with Gasteiger partial charge >= 0.3 is 33.3 Å². The number of halogens is 2. The van der Waals surface area contributed by atoms with E-state index in [0.29, 0.717) is 0 Å². The van der Waals surface area contributed by atoms with E-state index >= 15 is 0 Å². The summed E-state index contributed by atoms with van der Waals surface area (Å²) in [5.74, 6) is 0. The number of rotatable bonds is 0. The van der Waals surface area contributed by atoms with E-state index in [9.17, 15) is 0 Å². The molecule has 7 heteroatoms. The summed E-state index contributed by atoms with van der Waals surface area (Å²) in [4.78, 5) is 7.70. The average Bonchev–Trinajstić information content (AvgIpc) is 2.45. The summed E-state index contributed by atoms with van der Waals surface area (Å²) in [5, 5.41) is 4.61. The second kappa shape index (κ2) is 12.5. The quantitative estimate of drug-likeness (QED) is 0.615. The number of hydrogen-bond acceptors (Lipinski definition) is 3. The fraction of sp³-hybridized carbons (Fsp3) is 1.00. The van der Waals surface area contributed by atoms with Crippen LogP contribution in [0, 0.1) is 0 Å². The van der Waals surface area contributed by atoms with E-state index in [-0.39, 0.29) is 13.1 Å². The molecule has 2 heterocycles. The zero-order valence-electron chi connectivity index (χ0n) is 12.4. The van der Waals surface area contributed by atoms with Gasteiger partial charge in [-0.2, -0.15) is 0 Å². The van der Waals surface area contributed by atoms with Gasteiger partial charge in [-0.3, -0.25) is 0 Å². The summed E-state index contributed by atoms with van der Waals surface area (Å²) in [7, 11) is 11.8. The van der Waals surface area contributed by atoms with Gasteiger partial charge in [0.15, 0.2) is 0 Å². The van der Waals surface area contributed by atoms with Crippen LogP contribution in [0.15, 0.2) is 0 Å². The molecular weight excluding hydrogens is 338 g/mol. The van der Waals surface area contributed by atoms with Gasteiger partial charge in [0.25, 0.3) is 0 Å². The van der Waals surface area contributed by atoms with Crippen molar-refractivity contribution in [3.63, 3.8) is 0 Å². The molecule has 0 aliphatic carbocycles. The maximum absolute atomic E-state index is 4.80. The van der Waals surface area contributed by atoms with E-state index < -0.39 is 0 Å². The fourth-order valence-electron chi connectivity index (χ4n) is 2.67. The fourth-order valence-corrected chi connectivity index (χ4v) is 2.67. The van der Waals surface area contributed by atoms with Crippen LogP contribution in [0.25, 0.3) is 5.32 Å². The Balaban J connectivity index is 0.000000612. The van der Waals surface area contributed by atoms with E-state index in [4.69, 9.17) is 20.2 Å². The van der Waals surface area contributed by atoms with Gasteiger partial charge in [0.2, 0.25) is 0 Å². The molecule has 2 rings (SSSR count). The molecule has 4 nitrogen and oxygen atoms in total. The third-order valence-electron chi connectivity index (χ3n) is 3.91. The predicted molar refractivity (Wildman–Crippen MR) is 84.4 cm³/mol. The SMILES string of the molecule is CN1CCCN2CC[N-]CCCN(CC1)CC2.[Cl][Mn][Cl]. The average molecular weight is 365 g/mol. The van der Waals surface area contributed by atoms with Crippen molar-refractivity contribution in [3.05, 3.63) is 5.32 Å². The van der Waals surface area contributed by atoms with Gasteiger partial charge in [0, 0.05) is 26.2 Å². The molecule has 2 saturated heterocycles. The first-order valence-electron chi connectivity index (χ1n) is 7.40. The molecular formula is C13H27Cl2MnN4-. The van der Waals surface area contributed by atoms with Crippen molar-refractivity contribution in [2.75, 3.05) is 72.5 Å². The van der Waals surface area contributed by atoms with Crippen molar-refractivity contribution in [2.24, 2.45) is 0 Å². The van der Waals surface area contributed by atoms with Gasteiger partial charge in [-0.1, -0.05) is 6.42 Å². The van der Waals surface area contributed by atoms with E-state index in [1.807, 2.05) is 0 Å². The van der Waals surface area contributed by atoms with Crippen molar-refractivity contribution >= 4 is 20.2 Å². The van der Waals surface area contributed by atoms with Crippen molar-refractivity contribution in [1.29, 1.82) is 0 Å². The summed E-state index contributed by atoms with van der Waals surface area (Å²) in [5.41, 5.74) is 0. The second-order valence-electron chi connectivity index (χ2n) is 5.42. The van der Waals surface area contributed by atoms with Crippen LogP contribution >= 0.6 is 20.2 Å². The summed E-state index contributed by atoms with van der Waals surface area (Å²) >= 11 is 0.00694. The molecule has 0 spiro atoms. The molecule has 2 aliphatic heterocycles. The van der Waals surface area contributed by atoms with Crippen molar-refractivity contribution in [1.82, 2.24) is 14.7 Å². The molecule has 2 unspecified atom stereocenters. The van der Waals surface area contributed by atoms with Crippen molar-refractivity contribution in [2.45, 2.75) is 12.8 Å². The number of fused-ring (bicyclic) bond motifs is 3. The Hall–Kier alpha value is 0.939. The van der Waals surface area contributed by atoms with Crippen LogP contribution in [0.2, 0.25) is 0 Å². The van der Waals surface area contributed by atoms with Crippen LogP contribution in [0.3, 0.4) is 0 Å². The molecule has 0 aromatic rings. The third kappa shape index (κ3) is 9.06. The molecule has 2 aliphatic rings. The zero-order valence-corrected chi connectivity index (χ0v) is 15.1. The molecule has 2 fully saturated rings. The number of likely N-dealkylation sites (N-methyl/N-ethyl adjacent to an activating group) is 1. The topological polar surface area (TPSA) is 23.8 Å². The first-order chi connectivity index (χ1) is 9.76. The Morgan fingerprint density at radius 2 is 1.35 bits per heavy atom. The Labute approximate surface area is 138 Å². The first kappa shape index (κ1) is 19.0. The minimum atomic E-state index is 0.00694. The molecule has 0 N–H and O–H groups in total. The second-order valence-corrected chi connectivity index (χ2v) is 7.37. The third-order valence-corrected chi connectivity index (χ3v) is 3.91. The summed E-state index contributed by atoms with van der Waals surface area (Å²) in [6.45, 7) is 11.9. The Kier molecular flexibility index (Phi) is 11.8. The van der Waals surface area contributed by atoms with Crippen LogP contribution in [-0.2, 0) is 13.1 Å². The van der Waals surface area contributed by atoms with Gasteiger partial charge in [-0.25, -0.2) is 0 Å². The van der Waals surface area contributed by atoms with Crippen LogP contribution < -0.4 is 0 Å². The van der Waals surface area contributed by atoms with Crippen LogP contribution in [-0.4, -0.2) is 87.2 Å². The van der Waals surface area contributed by atoms with Crippen LogP contribution in [0.1, 0.15) is 12.8 Å². The van der Waals surface area contributed by atoms with Crippen molar-refractivity contribution in [3.8, 4) is 0 Å². The van der Waals surface area contributed by atoms with Gasteiger partial charge in [0.1, 0.15) is 0 Å². The van der Waals surface area contributed by atoms with Gasteiger partial charge in [-0.15, -0.1) is 13.1 Å². The molecule has 0 amide bonds. The summed E-state index contributed by atoms with van der Waals surface area (Å²) in [6, 6.07) is 0. The van der Waals surface area contributed by atoms with E-state index in [0.717, 1.165) is 19.6 Å². The van der Waals surface area contributed by atoms with Crippen LogP contribution in [0.4, 0.5) is 0 Å². The van der Waals surface area contributed by atoms with Crippen molar-refractivity contribution < 1.29 is 13.1 Å². The summed E-state index contributed by atoms with van der Waals surface area (Å²) in [6.07, 6.45) is 2.54. The first-order valence-corrected chi connectivity index (χ1v) is 10.6. The Bertz CT molecular complexity index is 236. The normalized spacial score (nSPS) is 30.1. The Morgan fingerprint density at radius 1 is 0.750 bits per heavy atom. The standard InChI is InChI=1S/C13H27N4.2ClH.Mn/c1-15-6-3-8-16-9-5-14-4-2-7-17(11-10-15)13-12-16;;;/h2-13H2,1H3;2*1H;/q-1;;;+2/p-2. The molecule has 0 aromatic carbocycles. The minimum absolute atomic E-state index is 0.00694.